The first-order valence-electron chi connectivity index (χ1n) is 5.20. The van der Waals surface area contributed by atoms with Crippen molar-refractivity contribution in [3.05, 3.63) is 36.2 Å². The van der Waals surface area contributed by atoms with Crippen molar-refractivity contribution in [2.45, 2.75) is 26.2 Å². The first-order valence-corrected chi connectivity index (χ1v) is 5.20. The van der Waals surface area contributed by atoms with Crippen LogP contribution in [0.4, 0.5) is 5.69 Å². The molecule has 0 aliphatic heterocycles. The number of rotatable bonds is 3. The third-order valence-electron chi connectivity index (χ3n) is 2.51. The Kier molecular flexibility index (Phi) is 3.56. The van der Waals surface area contributed by atoms with Gasteiger partial charge >= 0.3 is 0 Å². The largest absolute Gasteiger partial charge is 0.377 e. The van der Waals surface area contributed by atoms with Gasteiger partial charge in [0, 0.05) is 19.8 Å². The van der Waals surface area contributed by atoms with Crippen LogP contribution >= 0.6 is 0 Å². The minimum Gasteiger partial charge on any atom is -0.377 e. The zero-order chi connectivity index (χ0) is 10.7. The van der Waals surface area contributed by atoms with Gasteiger partial charge in [0.25, 0.3) is 0 Å². The van der Waals surface area contributed by atoms with Crippen molar-refractivity contribution in [3.63, 3.8) is 0 Å². The highest BCUT2D eigenvalue weighted by atomic mass is 15.1. The van der Waals surface area contributed by atoms with E-state index < -0.39 is 0 Å². The van der Waals surface area contributed by atoms with Crippen molar-refractivity contribution >= 4 is 5.69 Å². The summed E-state index contributed by atoms with van der Waals surface area (Å²) in [6.45, 7) is 8.44. The molecule has 1 nitrogen and oxygen atoms in total. The average Bonchev–Trinajstić information content (AvgIpc) is 2.16. The predicted molar refractivity (Wildman–Crippen MR) is 63.9 cm³/mol. The van der Waals surface area contributed by atoms with Crippen LogP contribution < -0.4 is 4.90 Å². The molecule has 0 bridgehead atoms. The van der Waals surface area contributed by atoms with Crippen molar-refractivity contribution in [2.24, 2.45) is 0 Å². The predicted octanol–water partition coefficient (Wildman–Crippen LogP) is 3.25. The molecule has 1 atom stereocenters. The molecule has 0 amide bonds. The molecule has 1 unspecified atom stereocenters. The Morgan fingerprint density at radius 1 is 1.36 bits per heavy atom. The highest BCUT2D eigenvalue weighted by Crippen LogP contribution is 2.29. The van der Waals surface area contributed by atoms with E-state index >= 15 is 0 Å². The molecule has 0 N–H and O–H groups in total. The minimum atomic E-state index is 0.346. The summed E-state index contributed by atoms with van der Waals surface area (Å²) in [6.07, 6.45) is 1.08. The molecule has 14 heavy (non-hydrogen) atoms. The monoisotopic (exact) mass is 190 g/mol. The van der Waals surface area contributed by atoms with E-state index in [1.54, 1.807) is 0 Å². The smallest absolute Gasteiger partial charge is 0.0428 e. The Morgan fingerprint density at radius 2 is 2.00 bits per heavy atom. The summed E-state index contributed by atoms with van der Waals surface area (Å²) in [5, 5.41) is 0. The minimum absolute atomic E-state index is 0.346. The van der Waals surface area contributed by atoms with Gasteiger partial charge in [-0.2, -0.15) is 0 Å². The molecule has 1 rings (SSSR count). The molecule has 0 spiro atoms. The lowest BCUT2D eigenvalue weighted by atomic mass is 9.96. The van der Waals surface area contributed by atoms with Gasteiger partial charge in [0.2, 0.25) is 0 Å². The Labute approximate surface area is 87.7 Å². The summed E-state index contributed by atoms with van der Waals surface area (Å²) < 4.78 is 0. The van der Waals surface area contributed by atoms with E-state index in [1.165, 1.54) is 16.8 Å². The number of benzene rings is 1. The summed E-state index contributed by atoms with van der Waals surface area (Å²) in [5.41, 5.74) is 4.09. The van der Waals surface area contributed by atoms with Gasteiger partial charge in [0.1, 0.15) is 0 Å². The van der Waals surface area contributed by atoms with Gasteiger partial charge in [-0.15, -0.1) is 0 Å². The van der Waals surface area contributed by atoms with Crippen LogP contribution in [0.1, 0.15) is 30.9 Å². The van der Waals surface area contributed by atoms with Crippen LogP contribution in [-0.2, 0) is 6.42 Å². The molecular formula is C13H20N. The van der Waals surface area contributed by atoms with Crippen LogP contribution in [0, 0.1) is 6.92 Å². The van der Waals surface area contributed by atoms with Crippen LogP contribution in [0.25, 0.3) is 0 Å². The number of anilines is 1. The summed E-state index contributed by atoms with van der Waals surface area (Å²) in [6, 6.07) is 6.50. The third kappa shape index (κ3) is 2.09. The van der Waals surface area contributed by atoms with Gasteiger partial charge in [-0.25, -0.2) is 0 Å². The van der Waals surface area contributed by atoms with Crippen LogP contribution in [0.2, 0.25) is 0 Å². The fourth-order valence-corrected chi connectivity index (χ4v) is 1.84. The van der Waals surface area contributed by atoms with Crippen molar-refractivity contribution < 1.29 is 0 Å². The molecule has 0 fully saturated rings. The standard InChI is InChI=1S/C13H20N/c1-6-11-8-7-9-12(10(2)3)13(11)14(4)5/h7-10H,2,6H2,1,3-5H3. The number of para-hydroxylation sites is 1. The summed E-state index contributed by atoms with van der Waals surface area (Å²) >= 11 is 0. The SMILES string of the molecule is [CH2]C(C)c1cccc(CC)c1N(C)C. The molecule has 0 aromatic heterocycles. The van der Waals surface area contributed by atoms with Crippen LogP contribution in [0.5, 0.6) is 0 Å². The lowest BCUT2D eigenvalue weighted by molar-refractivity contribution is 0.932. The molecule has 0 aliphatic rings. The van der Waals surface area contributed by atoms with E-state index in [0.717, 1.165) is 6.42 Å². The van der Waals surface area contributed by atoms with Gasteiger partial charge in [-0.05, 0) is 30.4 Å². The molecule has 1 heteroatoms. The molecular weight excluding hydrogens is 170 g/mol. The van der Waals surface area contributed by atoms with Crippen molar-refractivity contribution in [3.8, 4) is 0 Å². The van der Waals surface area contributed by atoms with Gasteiger partial charge in [0.05, 0.1) is 0 Å². The fraction of sp³-hybridized carbons (Fsp3) is 0.462. The van der Waals surface area contributed by atoms with E-state index in [-0.39, 0.29) is 0 Å². The van der Waals surface area contributed by atoms with E-state index in [1.807, 2.05) is 0 Å². The first-order chi connectivity index (χ1) is 6.57. The summed E-state index contributed by atoms with van der Waals surface area (Å²) in [4.78, 5) is 2.19. The van der Waals surface area contributed by atoms with E-state index in [2.05, 4.69) is 58.0 Å². The van der Waals surface area contributed by atoms with E-state index in [0.29, 0.717) is 5.92 Å². The van der Waals surface area contributed by atoms with Crippen LogP contribution in [0.3, 0.4) is 0 Å². The topological polar surface area (TPSA) is 3.24 Å². The van der Waals surface area contributed by atoms with Crippen LogP contribution in [-0.4, -0.2) is 14.1 Å². The highest BCUT2D eigenvalue weighted by molar-refractivity contribution is 5.60. The van der Waals surface area contributed by atoms with Crippen molar-refractivity contribution in [1.82, 2.24) is 0 Å². The quantitative estimate of drug-likeness (QED) is 0.707. The second-order valence-corrected chi connectivity index (χ2v) is 4.00. The molecule has 77 valence electrons. The summed E-state index contributed by atoms with van der Waals surface area (Å²) in [7, 11) is 4.20. The number of aryl methyl sites for hydroxylation is 1. The van der Waals surface area contributed by atoms with E-state index in [4.69, 9.17) is 0 Å². The molecule has 1 aromatic rings. The highest BCUT2D eigenvalue weighted by Gasteiger charge is 2.11. The normalized spacial score (nSPS) is 10.7. The number of hydrogen-bond acceptors (Lipinski definition) is 1. The van der Waals surface area contributed by atoms with E-state index in [9.17, 15) is 0 Å². The second kappa shape index (κ2) is 4.50. The first kappa shape index (κ1) is 11.1. The molecule has 0 saturated carbocycles. The molecule has 1 aromatic carbocycles. The lowest BCUT2D eigenvalue weighted by Crippen LogP contribution is -2.14. The van der Waals surface area contributed by atoms with Crippen molar-refractivity contribution in [1.29, 1.82) is 0 Å². The number of hydrogen-bond donors (Lipinski definition) is 0. The Bertz CT molecular complexity index is 300. The molecule has 1 radical (unpaired) electrons. The number of nitrogens with zero attached hydrogens (tertiary/aromatic N) is 1. The summed E-state index contributed by atoms with van der Waals surface area (Å²) in [5.74, 6) is 0.346. The second-order valence-electron chi connectivity index (χ2n) is 4.00. The maximum atomic E-state index is 4.10. The third-order valence-corrected chi connectivity index (χ3v) is 2.51. The zero-order valence-electron chi connectivity index (χ0n) is 9.67. The van der Waals surface area contributed by atoms with Crippen LogP contribution in [0.15, 0.2) is 18.2 Å². The molecule has 0 saturated heterocycles. The maximum Gasteiger partial charge on any atom is 0.0428 e. The van der Waals surface area contributed by atoms with Gasteiger partial charge in [-0.3, -0.25) is 0 Å². The Hall–Kier alpha value is -0.980. The zero-order valence-corrected chi connectivity index (χ0v) is 9.67. The average molecular weight is 190 g/mol. The Balaban J connectivity index is 3.28. The van der Waals surface area contributed by atoms with Gasteiger partial charge in [-0.1, -0.05) is 32.0 Å². The molecule has 0 heterocycles. The Morgan fingerprint density at radius 3 is 2.43 bits per heavy atom. The van der Waals surface area contributed by atoms with Crippen molar-refractivity contribution in [2.75, 3.05) is 19.0 Å². The van der Waals surface area contributed by atoms with Gasteiger partial charge in [0.15, 0.2) is 0 Å². The maximum absolute atomic E-state index is 4.10. The van der Waals surface area contributed by atoms with Gasteiger partial charge < -0.3 is 4.90 Å². The fourth-order valence-electron chi connectivity index (χ4n) is 1.84. The molecule has 0 aliphatic carbocycles. The lowest BCUT2D eigenvalue weighted by Gasteiger charge is -2.23.